The van der Waals surface area contributed by atoms with Crippen molar-refractivity contribution in [2.75, 3.05) is 55.9 Å². The summed E-state index contributed by atoms with van der Waals surface area (Å²) < 4.78 is 5.46. The van der Waals surface area contributed by atoms with Crippen LogP contribution < -0.4 is 26.0 Å². The number of carboxylic acids is 1. The summed E-state index contributed by atoms with van der Waals surface area (Å²) in [5, 5.41) is 33.3. The Kier molecular flexibility index (Phi) is 31.8. The molecule has 12 atom stereocenters. The number of aliphatic hydroxyl groups excluding tert-OH is 1. The molecule has 1 aliphatic heterocycles. The van der Waals surface area contributed by atoms with Crippen molar-refractivity contribution in [2.24, 2.45) is 41.4 Å². The van der Waals surface area contributed by atoms with Gasteiger partial charge in [-0.25, -0.2) is 14.6 Å². The number of nitrogens with zero attached hydrogens (tertiary/aromatic N) is 8. The van der Waals surface area contributed by atoms with Gasteiger partial charge in [0.2, 0.25) is 65.0 Å². The molecule has 29 heteroatoms. The zero-order valence-corrected chi connectivity index (χ0v) is 64.6. The van der Waals surface area contributed by atoms with Crippen LogP contribution in [0.25, 0.3) is 11.0 Å². The fraction of sp³-hybridized carbons (Fsp3) is 0.649. The van der Waals surface area contributed by atoms with Crippen LogP contribution in [0, 0.1) is 41.4 Å². The molecule has 0 saturated carbocycles. The van der Waals surface area contributed by atoms with Crippen molar-refractivity contribution in [2.45, 2.75) is 216 Å². The van der Waals surface area contributed by atoms with Gasteiger partial charge in [0, 0.05) is 55.8 Å². The van der Waals surface area contributed by atoms with E-state index in [1.54, 1.807) is 47.6 Å². The van der Waals surface area contributed by atoms with Crippen LogP contribution in [0.4, 0.5) is 0 Å². The van der Waals surface area contributed by atoms with Crippen molar-refractivity contribution in [3.05, 3.63) is 59.4 Å². The number of likely N-dealkylation sites (N-methyl/N-ethyl adjacent to an activating group) is 7. The molecule has 0 bridgehead atoms. The summed E-state index contributed by atoms with van der Waals surface area (Å²) in [6.07, 6.45) is -1.50. The van der Waals surface area contributed by atoms with Crippen molar-refractivity contribution in [1.82, 2.24) is 65.5 Å². The van der Waals surface area contributed by atoms with Crippen LogP contribution in [0.15, 0.2) is 42.5 Å². The number of hydrogen-bond donors (Lipinski definition) is 7. The van der Waals surface area contributed by atoms with E-state index in [0.717, 1.165) is 9.80 Å². The van der Waals surface area contributed by atoms with Gasteiger partial charge in [-0.3, -0.25) is 52.7 Å². The number of H-pyrrole nitrogens is 1. The molecule has 0 unspecified atom stereocenters. The highest BCUT2D eigenvalue weighted by Gasteiger charge is 2.46. The fourth-order valence-electron chi connectivity index (χ4n) is 12.8. The maximum atomic E-state index is 15.6. The van der Waals surface area contributed by atoms with Crippen LogP contribution in [-0.2, 0) is 59.2 Å². The lowest BCUT2D eigenvalue weighted by Crippen LogP contribution is -2.63. The van der Waals surface area contributed by atoms with Gasteiger partial charge in [-0.15, -0.1) is 0 Å². The SMILES string of the molecule is CC[C@@H]1NC(=O)[C@H]([C@H](O)[C@H](C)Cc2nc3cc(C(=O)Oc4ccccc4C(=O)O)ccc3[nH]2)N(C)C(=O)[C@H](C(C)C)N(C)C(=O)[C@H](CC(C)C)N(C)C(=O)[C@H](CC(C)C)N(C)C(=O)[C@@H](C)NC(=O)[C@H](C)NC(=O)[C@H](CC(C)C)N(C)C(=O)[C@H](C(C)C)NC(=O)[C@H](CC(C)C)N(C)C(=O)CN(C)C1=O. The summed E-state index contributed by atoms with van der Waals surface area (Å²) in [7, 11) is 9.65. The maximum absolute atomic E-state index is 15.6. The number of rotatable bonds is 18. The van der Waals surface area contributed by atoms with Gasteiger partial charge in [0.1, 0.15) is 77.6 Å². The molecule has 0 spiro atoms. The Morgan fingerprint density at radius 2 is 1.02 bits per heavy atom. The van der Waals surface area contributed by atoms with E-state index in [2.05, 4.69) is 31.2 Å². The van der Waals surface area contributed by atoms with E-state index < -0.39 is 168 Å². The topological polar surface area (TPSA) is 371 Å². The van der Waals surface area contributed by atoms with Crippen molar-refractivity contribution in [1.29, 1.82) is 0 Å². The second-order valence-electron chi connectivity index (χ2n) is 30.1. The van der Waals surface area contributed by atoms with Gasteiger partial charge in [-0.2, -0.15) is 0 Å². The third-order valence-electron chi connectivity index (χ3n) is 18.9. The average molecular weight is 1440 g/mol. The van der Waals surface area contributed by atoms with E-state index in [0.29, 0.717) is 5.52 Å². The third-order valence-corrected chi connectivity index (χ3v) is 18.9. The highest BCUT2D eigenvalue weighted by molar-refractivity contribution is 6.01. The number of aromatic nitrogens is 2. The molecule has 1 aromatic heterocycles. The Morgan fingerprint density at radius 1 is 0.534 bits per heavy atom. The molecule has 103 heavy (non-hydrogen) atoms. The zero-order valence-electron chi connectivity index (χ0n) is 64.6. The maximum Gasteiger partial charge on any atom is 0.343 e. The number of para-hydroxylation sites is 1. The minimum Gasteiger partial charge on any atom is -0.478 e. The monoisotopic (exact) mass is 1440 g/mol. The van der Waals surface area contributed by atoms with Gasteiger partial charge < -0.3 is 75.5 Å². The Hall–Kier alpha value is -9.02. The molecule has 2 heterocycles. The quantitative estimate of drug-likeness (QED) is 0.0688. The number of hydrogen-bond acceptors (Lipinski definition) is 16. The second kappa shape index (κ2) is 37.9. The van der Waals surface area contributed by atoms with E-state index in [9.17, 15) is 53.4 Å². The minimum absolute atomic E-state index is 0.0307. The molecule has 3 aromatic rings. The molecule has 1 aliphatic rings. The van der Waals surface area contributed by atoms with Crippen LogP contribution in [0.3, 0.4) is 0 Å². The first kappa shape index (κ1) is 86.4. The van der Waals surface area contributed by atoms with E-state index >= 15 is 19.2 Å². The van der Waals surface area contributed by atoms with Gasteiger partial charge in [0.15, 0.2) is 0 Å². The van der Waals surface area contributed by atoms with Gasteiger partial charge in [-0.1, -0.05) is 109 Å². The molecule has 7 N–H and O–H groups in total. The predicted molar refractivity (Wildman–Crippen MR) is 387 cm³/mol. The van der Waals surface area contributed by atoms with Gasteiger partial charge in [0.05, 0.1) is 29.2 Å². The number of aromatic amines is 1. The number of carbonyl (C=O) groups is 13. The lowest BCUT2D eigenvalue weighted by molar-refractivity contribution is -0.157. The number of esters is 1. The summed E-state index contributed by atoms with van der Waals surface area (Å²) in [6.45, 7) is 26.9. The number of aliphatic hydroxyl groups is 1. The van der Waals surface area contributed by atoms with E-state index in [1.807, 2.05) is 55.4 Å². The third kappa shape index (κ3) is 22.5. The molecule has 0 aliphatic carbocycles. The number of fused-ring (bicyclic) bond motifs is 1. The Labute approximate surface area is 606 Å². The van der Waals surface area contributed by atoms with Gasteiger partial charge >= 0.3 is 11.9 Å². The van der Waals surface area contributed by atoms with E-state index in [-0.39, 0.29) is 90.4 Å². The number of ether oxygens (including phenoxy) is 1. The molecule has 4 rings (SSSR count). The first-order chi connectivity index (χ1) is 47.9. The van der Waals surface area contributed by atoms with Crippen molar-refractivity contribution >= 4 is 88.0 Å². The number of nitrogens with one attached hydrogen (secondary N) is 5. The number of benzene rings is 2. The molecule has 0 radical (unpaired) electrons. The summed E-state index contributed by atoms with van der Waals surface area (Å²) in [5.74, 6) is -13.1. The first-order valence-electron chi connectivity index (χ1n) is 35.6. The Bertz CT molecular complexity index is 3530. The highest BCUT2D eigenvalue weighted by Crippen LogP contribution is 2.28. The van der Waals surface area contributed by atoms with Gasteiger partial charge in [0.25, 0.3) is 0 Å². The highest BCUT2D eigenvalue weighted by atomic mass is 16.5. The summed E-state index contributed by atoms with van der Waals surface area (Å²) in [4.78, 5) is 204. The zero-order chi connectivity index (χ0) is 78.3. The molecule has 11 amide bonds. The Balaban J connectivity index is 1.91. The largest absolute Gasteiger partial charge is 0.478 e. The molecular formula is C74H115N13O16. The molecule has 1 fully saturated rings. The van der Waals surface area contributed by atoms with Gasteiger partial charge in [-0.05, 0) is 118 Å². The van der Waals surface area contributed by atoms with E-state index in [4.69, 9.17) is 4.74 Å². The van der Waals surface area contributed by atoms with Crippen LogP contribution >= 0.6 is 0 Å². The average Bonchev–Trinajstić information content (AvgIpc) is 1.61. The van der Waals surface area contributed by atoms with Crippen LogP contribution in [0.2, 0.25) is 0 Å². The number of aromatic carboxylic acids is 1. The van der Waals surface area contributed by atoms with Crippen molar-refractivity contribution < 1.29 is 77.3 Å². The second-order valence-corrected chi connectivity index (χ2v) is 30.1. The molecule has 1 saturated heterocycles. The van der Waals surface area contributed by atoms with Crippen LogP contribution in [0.5, 0.6) is 5.75 Å². The van der Waals surface area contributed by atoms with Crippen molar-refractivity contribution in [3.63, 3.8) is 0 Å². The Morgan fingerprint density at radius 3 is 1.54 bits per heavy atom. The minimum atomic E-state index is -1.82. The summed E-state index contributed by atoms with van der Waals surface area (Å²) >= 11 is 0. The smallest absolute Gasteiger partial charge is 0.343 e. The summed E-state index contributed by atoms with van der Waals surface area (Å²) in [6, 6.07) is -3.10. The first-order valence-corrected chi connectivity index (χ1v) is 35.6. The fourth-order valence-corrected chi connectivity index (χ4v) is 12.8. The lowest BCUT2D eigenvalue weighted by Gasteiger charge is -2.41. The van der Waals surface area contributed by atoms with Crippen LogP contribution in [0.1, 0.15) is 169 Å². The van der Waals surface area contributed by atoms with E-state index in [1.165, 1.54) is 124 Å². The molecule has 2 aromatic carbocycles. The normalized spacial score (nSPS) is 24.1. The molecule has 572 valence electrons. The molecular weight excluding hydrogens is 1330 g/mol. The molecule has 29 nitrogen and oxygen atoms in total. The standard InChI is InChI=1S/C74H115N13O16/c1-24-49-68(95)81(17)37-58(88)82(18)52(31-38(2)3)65(92)80-59(42(10)11)71(98)83(19)53(32-39(4)5)64(91)75-45(15)63(90)76-46(16)67(94)84(20)54(33-40(6)7)69(96)85(21)55(34-41(8)9)70(97)86(22)60(43(12)13)72(99)87(23)61(66(93)79-49)62(89)44(14)35-57-77-50-30-29-47(36-51(50)78-57)74(102)103-56-28-26-25-27-48(56)73(100)101/h25-30,36,38-46,49,52-55,59-62,89H,24,31-35,37H2,1-23H3,(H,75,91)(H,76,90)(H,77,78)(H,79,93)(H,80,92)(H,100,101)/t44-,45+,46-,49+,52+,53+,54+,55+,59+,60+,61+,62-/m1/s1. The predicted octanol–water partition coefficient (Wildman–Crippen LogP) is 4.34. The lowest BCUT2D eigenvalue weighted by atomic mass is 9.91. The number of imidazole rings is 1. The summed E-state index contributed by atoms with van der Waals surface area (Å²) in [5.41, 5.74) is 0.534. The van der Waals surface area contributed by atoms with Crippen molar-refractivity contribution in [3.8, 4) is 5.75 Å². The number of carboxylic acid groups (broad SMARTS) is 1. The number of carbonyl (C=O) groups excluding carboxylic acids is 12. The number of amides is 11. The van der Waals surface area contributed by atoms with Crippen LogP contribution in [-0.4, -0.2) is 254 Å².